The smallest absolute Gasteiger partial charge is 0.335 e. The third-order valence-electron chi connectivity index (χ3n) is 2.18. The molecule has 1 unspecified atom stereocenters. The summed E-state index contributed by atoms with van der Waals surface area (Å²) >= 11 is 14.2. The van der Waals surface area contributed by atoms with Crippen molar-refractivity contribution in [3.05, 3.63) is 24.8 Å². The molecule has 0 amide bonds. The zero-order chi connectivity index (χ0) is 15.3. The molecule has 0 aliphatic carbocycles. The monoisotopic (exact) mass is 742 g/mol. The maximum Gasteiger partial charge on any atom is 0.335 e. The van der Waals surface area contributed by atoms with Crippen molar-refractivity contribution in [2.75, 3.05) is 16.3 Å². The summed E-state index contributed by atoms with van der Waals surface area (Å²) in [5.41, 5.74) is 1.12. The normalized spacial score (nSPS) is 11.8. The molecular weight excluding hydrogens is 732 g/mol. The highest BCUT2D eigenvalue weighted by Gasteiger charge is 2.12. The van der Waals surface area contributed by atoms with Crippen LogP contribution in [-0.2, 0) is 0 Å². The highest BCUT2D eigenvalue weighted by Crippen LogP contribution is 2.26. The van der Waals surface area contributed by atoms with Gasteiger partial charge in [-0.15, -0.1) is 0 Å². The molecule has 1 rings (SSSR count). The maximum atomic E-state index is 11.0. The van der Waals surface area contributed by atoms with Gasteiger partial charge in [-0.2, -0.15) is 0 Å². The molecule has 110 valence electrons. The van der Waals surface area contributed by atoms with E-state index in [-0.39, 0.29) is 5.56 Å². The third kappa shape index (κ3) is 6.20. The molecule has 0 radical (unpaired) electrons. The largest absolute Gasteiger partial charge is 0.478 e. The van der Waals surface area contributed by atoms with E-state index < -0.39 is 5.97 Å². The number of anilines is 1. The first-order valence-electron chi connectivity index (χ1n) is 5.32. The van der Waals surface area contributed by atoms with Crippen LogP contribution in [-0.4, -0.2) is 31.1 Å². The van der Waals surface area contributed by atoms with Gasteiger partial charge in [0.1, 0.15) is 0 Å². The second-order valence-corrected chi connectivity index (χ2v) is 9.08. The number of hydrogen-bond donors (Lipinski definition) is 3. The molecule has 1 aromatic rings. The first-order chi connectivity index (χ1) is 9.35. The van der Waals surface area contributed by atoms with Crippen LogP contribution in [0.5, 0.6) is 0 Å². The average Bonchev–Trinajstić information content (AvgIpc) is 2.39. The van der Waals surface area contributed by atoms with Gasteiger partial charge in [0.2, 0.25) is 0 Å². The molecule has 1 aromatic carbocycles. The van der Waals surface area contributed by atoms with Crippen molar-refractivity contribution in [1.29, 1.82) is 0 Å². The molecular formula is C11H10I4N2O2S. The van der Waals surface area contributed by atoms with E-state index in [1.807, 2.05) is 0 Å². The highest BCUT2D eigenvalue weighted by atomic mass is 127. The fourth-order valence-corrected chi connectivity index (χ4v) is 3.99. The number of carbonyl (C=O) groups is 1. The number of aromatic carboxylic acids is 1. The van der Waals surface area contributed by atoms with Crippen molar-refractivity contribution < 1.29 is 9.90 Å². The summed E-state index contributed by atoms with van der Waals surface area (Å²) in [5, 5.41) is 15.9. The standard InChI is InChI=1S/C11H10I4N2O2S/c12-3-6(13)4-16-11(20)17-9-7(14)1-5(10(18)19)2-8(9)15/h1-2,6H,3-4H2,(H,18,19)(H2,16,17,20). The lowest BCUT2D eigenvalue weighted by Gasteiger charge is -2.15. The summed E-state index contributed by atoms with van der Waals surface area (Å²) in [6.07, 6.45) is 0. The van der Waals surface area contributed by atoms with Crippen molar-refractivity contribution in [2.24, 2.45) is 0 Å². The van der Waals surface area contributed by atoms with Crippen LogP contribution in [0, 0.1) is 7.14 Å². The number of thiocarbonyl (C=S) groups is 1. The summed E-state index contributed by atoms with van der Waals surface area (Å²) in [7, 11) is 0. The molecule has 0 bridgehead atoms. The number of rotatable bonds is 5. The number of carboxylic acid groups (broad SMARTS) is 1. The van der Waals surface area contributed by atoms with Gasteiger partial charge in [-0.3, -0.25) is 0 Å². The van der Waals surface area contributed by atoms with Gasteiger partial charge in [0.15, 0.2) is 5.11 Å². The van der Waals surface area contributed by atoms with E-state index in [4.69, 9.17) is 17.3 Å². The predicted molar refractivity (Wildman–Crippen MR) is 120 cm³/mol. The molecule has 0 aliphatic rings. The van der Waals surface area contributed by atoms with Crippen molar-refractivity contribution in [1.82, 2.24) is 5.32 Å². The van der Waals surface area contributed by atoms with E-state index in [0.717, 1.165) is 23.8 Å². The number of halogens is 4. The van der Waals surface area contributed by atoms with Gasteiger partial charge < -0.3 is 15.7 Å². The summed E-state index contributed by atoms with van der Waals surface area (Å²) in [6.45, 7) is 0.801. The summed E-state index contributed by atoms with van der Waals surface area (Å²) in [6, 6.07) is 3.25. The summed E-state index contributed by atoms with van der Waals surface area (Å²) in [5.74, 6) is -0.928. The van der Waals surface area contributed by atoms with Gasteiger partial charge in [-0.25, -0.2) is 4.79 Å². The Morgan fingerprint density at radius 2 is 1.90 bits per heavy atom. The molecule has 0 fully saturated rings. The molecule has 0 saturated heterocycles. The lowest BCUT2D eigenvalue weighted by Crippen LogP contribution is -2.34. The summed E-state index contributed by atoms with van der Waals surface area (Å²) < 4.78 is 3.23. The minimum Gasteiger partial charge on any atom is -0.478 e. The molecule has 0 aliphatic heterocycles. The van der Waals surface area contributed by atoms with E-state index in [0.29, 0.717) is 9.04 Å². The van der Waals surface area contributed by atoms with E-state index in [9.17, 15) is 4.79 Å². The van der Waals surface area contributed by atoms with E-state index >= 15 is 0 Å². The first-order valence-corrected chi connectivity index (χ1v) is 10.7. The molecule has 9 heteroatoms. The van der Waals surface area contributed by atoms with Gasteiger partial charge in [0.05, 0.1) is 11.3 Å². The lowest BCUT2D eigenvalue weighted by molar-refractivity contribution is 0.0697. The van der Waals surface area contributed by atoms with Gasteiger partial charge in [-0.05, 0) is 69.5 Å². The maximum absolute atomic E-state index is 11.0. The molecule has 4 nitrogen and oxygen atoms in total. The number of carboxylic acids is 1. The molecule has 1 atom stereocenters. The van der Waals surface area contributed by atoms with E-state index in [1.165, 1.54) is 0 Å². The van der Waals surface area contributed by atoms with Crippen molar-refractivity contribution in [2.45, 2.75) is 3.92 Å². The second-order valence-electron chi connectivity index (χ2n) is 3.71. The zero-order valence-electron chi connectivity index (χ0n) is 9.92. The SMILES string of the molecule is O=C(O)c1cc(I)c(NC(=S)NCC(I)CI)c(I)c1. The van der Waals surface area contributed by atoms with Gasteiger partial charge >= 0.3 is 5.97 Å². The van der Waals surface area contributed by atoms with Crippen LogP contribution >= 0.6 is 103 Å². The molecule has 0 spiro atoms. The van der Waals surface area contributed by atoms with Gasteiger partial charge in [-0.1, -0.05) is 45.2 Å². The molecule has 0 aromatic heterocycles. The second kappa shape index (κ2) is 9.44. The Morgan fingerprint density at radius 1 is 1.35 bits per heavy atom. The lowest BCUT2D eigenvalue weighted by atomic mass is 10.2. The Hall–Kier alpha value is 1.30. The van der Waals surface area contributed by atoms with Crippen LogP contribution in [0.25, 0.3) is 0 Å². The van der Waals surface area contributed by atoms with E-state index in [2.05, 4.69) is 101 Å². The quantitative estimate of drug-likeness (QED) is 0.241. The minimum atomic E-state index is -0.928. The Kier molecular flexibility index (Phi) is 9.13. The highest BCUT2D eigenvalue weighted by molar-refractivity contribution is 14.1. The van der Waals surface area contributed by atoms with Crippen molar-refractivity contribution >= 4 is 119 Å². The molecule has 0 heterocycles. The van der Waals surface area contributed by atoms with Crippen molar-refractivity contribution in [3.63, 3.8) is 0 Å². The topological polar surface area (TPSA) is 61.4 Å². The van der Waals surface area contributed by atoms with Gasteiger partial charge in [0, 0.05) is 22.0 Å². The van der Waals surface area contributed by atoms with Crippen LogP contribution in [0.3, 0.4) is 0 Å². The van der Waals surface area contributed by atoms with Crippen LogP contribution < -0.4 is 10.6 Å². The average molecular weight is 742 g/mol. The number of alkyl halides is 2. The molecule has 20 heavy (non-hydrogen) atoms. The van der Waals surface area contributed by atoms with Crippen molar-refractivity contribution in [3.8, 4) is 0 Å². The number of hydrogen-bond acceptors (Lipinski definition) is 2. The molecule has 3 N–H and O–H groups in total. The zero-order valence-corrected chi connectivity index (χ0v) is 19.4. The number of nitrogens with one attached hydrogen (secondary N) is 2. The Balaban J connectivity index is 2.78. The van der Waals surface area contributed by atoms with Crippen LogP contribution in [0.15, 0.2) is 12.1 Å². The Labute approximate surface area is 177 Å². The van der Waals surface area contributed by atoms with E-state index in [1.54, 1.807) is 12.1 Å². The molecule has 0 saturated carbocycles. The predicted octanol–water partition coefficient (Wildman–Crippen LogP) is 4.12. The fourth-order valence-electron chi connectivity index (χ4n) is 1.23. The first kappa shape index (κ1) is 19.3. The fraction of sp³-hybridized carbons (Fsp3) is 0.273. The van der Waals surface area contributed by atoms with Crippen LogP contribution in [0.4, 0.5) is 5.69 Å². The van der Waals surface area contributed by atoms with Crippen LogP contribution in [0.1, 0.15) is 10.4 Å². The van der Waals surface area contributed by atoms with Crippen LogP contribution in [0.2, 0.25) is 0 Å². The Morgan fingerprint density at radius 3 is 2.35 bits per heavy atom. The Bertz CT molecular complexity index is 504. The summed E-state index contributed by atoms with van der Waals surface area (Å²) in [4.78, 5) is 11.0. The minimum absolute atomic E-state index is 0.278. The third-order valence-corrected chi connectivity index (χ3v) is 7.76. The number of benzene rings is 1. The van der Waals surface area contributed by atoms with Gasteiger partial charge in [0.25, 0.3) is 0 Å².